The van der Waals surface area contributed by atoms with Gasteiger partial charge in [0.25, 0.3) is 0 Å². The van der Waals surface area contributed by atoms with Crippen molar-refractivity contribution in [2.75, 3.05) is 5.32 Å². The van der Waals surface area contributed by atoms with Crippen molar-refractivity contribution in [1.82, 2.24) is 20.6 Å². The summed E-state index contributed by atoms with van der Waals surface area (Å²) >= 11 is 0. The van der Waals surface area contributed by atoms with Gasteiger partial charge >= 0.3 is 0 Å². The second-order valence-corrected chi connectivity index (χ2v) is 3.48. The van der Waals surface area contributed by atoms with E-state index in [2.05, 4.69) is 25.9 Å². The third-order valence-corrected chi connectivity index (χ3v) is 2.29. The number of nitrogens with zero attached hydrogens (tertiary/aromatic N) is 4. The van der Waals surface area contributed by atoms with Crippen LogP contribution in [0.1, 0.15) is 11.4 Å². The van der Waals surface area contributed by atoms with Crippen LogP contribution in [-0.4, -0.2) is 20.6 Å². The van der Waals surface area contributed by atoms with Crippen molar-refractivity contribution in [3.8, 4) is 6.07 Å². The van der Waals surface area contributed by atoms with E-state index in [1.807, 2.05) is 6.07 Å². The molecular formula is C11H9FN6. The van der Waals surface area contributed by atoms with Gasteiger partial charge in [0, 0.05) is 6.20 Å². The average Bonchev–Trinajstić information content (AvgIpc) is 2.87. The molecule has 0 bridgehead atoms. The van der Waals surface area contributed by atoms with Gasteiger partial charge in [-0.05, 0) is 23.8 Å². The van der Waals surface area contributed by atoms with E-state index in [1.165, 1.54) is 12.3 Å². The number of anilines is 1. The lowest BCUT2D eigenvalue weighted by Gasteiger charge is -2.06. The highest BCUT2D eigenvalue weighted by Gasteiger charge is 2.07. The number of hydrogen-bond acceptors (Lipinski definition) is 5. The van der Waals surface area contributed by atoms with Crippen LogP contribution in [0.3, 0.4) is 0 Å². The fourth-order valence-corrected chi connectivity index (χ4v) is 1.38. The Labute approximate surface area is 102 Å². The number of halogens is 1. The number of allylic oxidation sites excluding steroid dienone is 1. The van der Waals surface area contributed by atoms with Crippen molar-refractivity contribution in [1.29, 1.82) is 5.26 Å². The van der Waals surface area contributed by atoms with Crippen LogP contribution in [0.15, 0.2) is 24.4 Å². The van der Waals surface area contributed by atoms with Crippen molar-refractivity contribution in [2.45, 2.75) is 6.92 Å². The van der Waals surface area contributed by atoms with Crippen LogP contribution in [0.25, 0.3) is 5.57 Å². The first-order valence-electron chi connectivity index (χ1n) is 5.08. The van der Waals surface area contributed by atoms with Crippen molar-refractivity contribution < 1.29 is 4.39 Å². The third-order valence-electron chi connectivity index (χ3n) is 2.29. The van der Waals surface area contributed by atoms with Gasteiger partial charge in [0.2, 0.25) is 5.82 Å². The van der Waals surface area contributed by atoms with Gasteiger partial charge in [0.1, 0.15) is 17.5 Å². The zero-order chi connectivity index (χ0) is 13.0. The molecule has 2 aromatic rings. The first kappa shape index (κ1) is 11.7. The Morgan fingerprint density at radius 3 is 3.00 bits per heavy atom. The Balaban J connectivity index is 2.27. The first-order valence-corrected chi connectivity index (χ1v) is 5.08. The van der Waals surface area contributed by atoms with Crippen LogP contribution in [0.2, 0.25) is 0 Å². The summed E-state index contributed by atoms with van der Waals surface area (Å²) in [5.41, 5.74) is 1.21. The summed E-state index contributed by atoms with van der Waals surface area (Å²) in [6.45, 7) is 1.76. The first-order chi connectivity index (χ1) is 8.72. The van der Waals surface area contributed by atoms with Crippen LogP contribution >= 0.6 is 0 Å². The summed E-state index contributed by atoms with van der Waals surface area (Å²) in [6, 6.07) is 6.62. The zero-order valence-corrected chi connectivity index (χ0v) is 9.48. The van der Waals surface area contributed by atoms with E-state index in [4.69, 9.17) is 5.26 Å². The van der Waals surface area contributed by atoms with Gasteiger partial charge < -0.3 is 5.32 Å². The molecule has 1 heterocycles. The van der Waals surface area contributed by atoms with Gasteiger partial charge in [-0.1, -0.05) is 12.1 Å². The second kappa shape index (κ2) is 5.05. The zero-order valence-electron chi connectivity index (χ0n) is 9.48. The molecule has 0 spiro atoms. The summed E-state index contributed by atoms with van der Waals surface area (Å²) in [5, 5.41) is 24.6. The second-order valence-electron chi connectivity index (χ2n) is 3.48. The molecule has 1 aromatic carbocycles. The topological polar surface area (TPSA) is 90.3 Å². The van der Waals surface area contributed by atoms with E-state index in [0.29, 0.717) is 5.69 Å². The molecule has 90 valence electrons. The summed E-state index contributed by atoms with van der Waals surface area (Å²) in [5.74, 6) is -0.240. The Morgan fingerprint density at radius 2 is 2.39 bits per heavy atom. The highest BCUT2D eigenvalue weighted by Crippen LogP contribution is 2.19. The van der Waals surface area contributed by atoms with Gasteiger partial charge in [0.15, 0.2) is 0 Å². The smallest absolute Gasteiger partial charge is 0.216 e. The fraction of sp³-hybridized carbons (Fsp3) is 0.0909. The number of tetrazole rings is 1. The standard InChI is InChI=1S/C11H9FN6/c1-7-3-2-4-9(12)10(7)14-6-8(5-13)11-15-17-18-16-11/h2-4,6,14H,1H3,(H,15,16,17,18). The average molecular weight is 244 g/mol. The van der Waals surface area contributed by atoms with Crippen molar-refractivity contribution in [3.05, 3.63) is 41.6 Å². The molecule has 2 N–H and O–H groups in total. The van der Waals surface area contributed by atoms with Crippen molar-refractivity contribution >= 4 is 11.3 Å². The molecule has 2 rings (SSSR count). The number of aromatic nitrogens is 4. The number of aromatic amines is 1. The largest absolute Gasteiger partial charge is 0.358 e. The van der Waals surface area contributed by atoms with Crippen LogP contribution < -0.4 is 5.32 Å². The van der Waals surface area contributed by atoms with E-state index in [-0.39, 0.29) is 11.4 Å². The molecule has 0 saturated heterocycles. The van der Waals surface area contributed by atoms with Crippen LogP contribution in [0.4, 0.5) is 10.1 Å². The van der Waals surface area contributed by atoms with Gasteiger partial charge in [-0.3, -0.25) is 0 Å². The fourth-order valence-electron chi connectivity index (χ4n) is 1.38. The summed E-state index contributed by atoms with van der Waals surface area (Å²) < 4.78 is 13.5. The molecule has 0 atom stereocenters. The number of nitriles is 1. The molecular weight excluding hydrogens is 235 g/mol. The number of rotatable bonds is 3. The van der Waals surface area contributed by atoms with E-state index < -0.39 is 5.82 Å². The molecule has 0 aliphatic heterocycles. The lowest BCUT2D eigenvalue weighted by atomic mass is 10.2. The van der Waals surface area contributed by atoms with Crippen LogP contribution in [0.5, 0.6) is 0 Å². The van der Waals surface area contributed by atoms with Gasteiger partial charge in [-0.2, -0.15) is 10.5 Å². The predicted octanol–water partition coefficient (Wildman–Crippen LogP) is 1.62. The molecule has 0 fully saturated rings. The molecule has 0 unspecified atom stereocenters. The molecule has 0 saturated carbocycles. The lowest BCUT2D eigenvalue weighted by molar-refractivity contribution is 0.631. The number of benzene rings is 1. The maximum Gasteiger partial charge on any atom is 0.216 e. The summed E-state index contributed by atoms with van der Waals surface area (Å²) in [4.78, 5) is 0. The van der Waals surface area contributed by atoms with E-state index in [1.54, 1.807) is 19.1 Å². The predicted molar refractivity (Wildman–Crippen MR) is 62.5 cm³/mol. The molecule has 18 heavy (non-hydrogen) atoms. The Kier molecular flexibility index (Phi) is 3.29. The van der Waals surface area contributed by atoms with Crippen molar-refractivity contribution in [3.63, 3.8) is 0 Å². The van der Waals surface area contributed by atoms with Crippen molar-refractivity contribution in [2.24, 2.45) is 0 Å². The number of H-pyrrole nitrogens is 1. The van der Waals surface area contributed by atoms with Crippen LogP contribution in [0, 0.1) is 24.1 Å². The Morgan fingerprint density at radius 1 is 1.56 bits per heavy atom. The highest BCUT2D eigenvalue weighted by molar-refractivity contribution is 5.74. The molecule has 6 nitrogen and oxygen atoms in total. The molecule has 0 amide bonds. The normalized spacial score (nSPS) is 11.1. The molecule has 0 radical (unpaired) electrons. The molecule has 0 aliphatic rings. The minimum Gasteiger partial charge on any atom is -0.358 e. The van der Waals surface area contributed by atoms with E-state index in [0.717, 1.165) is 5.56 Å². The molecule has 1 aromatic heterocycles. The van der Waals surface area contributed by atoms with Gasteiger partial charge in [-0.25, -0.2) is 4.39 Å². The van der Waals surface area contributed by atoms with E-state index in [9.17, 15) is 4.39 Å². The number of nitrogens with one attached hydrogen (secondary N) is 2. The SMILES string of the molecule is Cc1cccc(F)c1NC=C(C#N)c1nn[nH]n1. The highest BCUT2D eigenvalue weighted by atomic mass is 19.1. The number of para-hydroxylation sites is 1. The quantitative estimate of drug-likeness (QED) is 0.801. The molecule has 7 heteroatoms. The number of aryl methyl sites for hydroxylation is 1. The minimum atomic E-state index is -0.392. The third kappa shape index (κ3) is 2.32. The summed E-state index contributed by atoms with van der Waals surface area (Å²) in [6.07, 6.45) is 1.34. The summed E-state index contributed by atoms with van der Waals surface area (Å²) in [7, 11) is 0. The Bertz CT molecular complexity index is 591. The molecule has 0 aliphatic carbocycles. The minimum absolute atomic E-state index is 0.152. The monoisotopic (exact) mass is 244 g/mol. The van der Waals surface area contributed by atoms with E-state index >= 15 is 0 Å². The van der Waals surface area contributed by atoms with Gasteiger partial charge in [-0.15, -0.1) is 10.2 Å². The number of hydrogen-bond donors (Lipinski definition) is 2. The van der Waals surface area contributed by atoms with Crippen LogP contribution in [-0.2, 0) is 0 Å². The Hall–Kier alpha value is -2.75. The lowest BCUT2D eigenvalue weighted by Crippen LogP contribution is -1.97. The maximum absolute atomic E-state index is 13.5. The van der Waals surface area contributed by atoms with Gasteiger partial charge in [0.05, 0.1) is 5.69 Å². The maximum atomic E-state index is 13.5.